The molecule has 8 aromatic rings. The molecule has 12 unspecified atom stereocenters. The topological polar surface area (TPSA) is 321 Å². The van der Waals surface area contributed by atoms with E-state index in [4.69, 9.17) is 51.1 Å². The van der Waals surface area contributed by atoms with Crippen LogP contribution in [0.25, 0.3) is 43.7 Å². The number of aromatic nitrogens is 5. The summed E-state index contributed by atoms with van der Waals surface area (Å²) in [6, 6.07) is 18.3. The fourth-order valence-electron chi connectivity index (χ4n) is 26.0. The number of carbonyl (C=O) groups excluding carboxylic acids is 12. The number of hydrogen-bond donors (Lipinski definition) is 4. The molecule has 150 heavy (non-hydrogen) atoms. The van der Waals surface area contributed by atoms with Crippen molar-refractivity contribution in [1.82, 2.24) is 69.0 Å². The zero-order chi connectivity index (χ0) is 106. The highest BCUT2D eigenvalue weighted by Crippen LogP contribution is 2.45. The molecule has 4 aliphatic carbocycles. The van der Waals surface area contributed by atoms with Crippen LogP contribution in [-0.2, 0) is 74.1 Å². The number of halogens is 4. The van der Waals surface area contributed by atoms with Gasteiger partial charge in [0.05, 0.1) is 69.3 Å². The molecule has 7 aliphatic heterocycles. The van der Waals surface area contributed by atoms with Crippen molar-refractivity contribution in [2.75, 3.05) is 109 Å². The molecule has 0 radical (unpaired) electrons. The van der Waals surface area contributed by atoms with Gasteiger partial charge in [-0.05, 0) is 256 Å². The lowest BCUT2D eigenvalue weighted by atomic mass is 9.76. The van der Waals surface area contributed by atoms with E-state index in [1.165, 1.54) is 25.7 Å². The van der Waals surface area contributed by atoms with Gasteiger partial charge in [-0.2, -0.15) is 0 Å². The van der Waals surface area contributed by atoms with E-state index in [2.05, 4.69) is 62.1 Å². The second-order valence-electron chi connectivity index (χ2n) is 44.6. The van der Waals surface area contributed by atoms with Crippen LogP contribution in [0.4, 0.5) is 26.7 Å². The number of nitrogens with zero attached hydrogens (tertiary/aromatic N) is 13. The number of ether oxygens (including phenoxy) is 1. The third-order valence-corrected chi connectivity index (χ3v) is 36.1. The maximum absolute atomic E-state index is 14.2. The first-order valence-corrected chi connectivity index (χ1v) is 57.6. The highest BCUT2D eigenvalue weighted by molar-refractivity contribution is 6.33. The van der Waals surface area contributed by atoms with E-state index in [0.717, 1.165) is 242 Å². The van der Waals surface area contributed by atoms with E-state index < -0.39 is 0 Å². The number of fused-ring (bicyclic) bond motifs is 4. The number of hydrogen-bond acceptors (Lipinski definition) is 18. The first-order valence-electron chi connectivity index (χ1n) is 56.1. The zero-order valence-corrected chi connectivity index (χ0v) is 92.8. The molecular formula is C116H159Cl4N17O13. The molecule has 7 saturated heterocycles. The molecule has 12 heterocycles. The maximum atomic E-state index is 14.2. The monoisotopic (exact) mass is 2140 g/mol. The quantitative estimate of drug-likeness (QED) is 0.0265. The Morgan fingerprint density at radius 1 is 0.367 bits per heavy atom. The molecule has 8 amide bonds. The average Bonchev–Trinajstić information content (AvgIpc) is 1.61. The lowest BCUT2D eigenvalue weighted by molar-refractivity contribution is -0.142. The van der Waals surface area contributed by atoms with Crippen LogP contribution in [0.5, 0.6) is 0 Å². The Labute approximate surface area is 904 Å². The van der Waals surface area contributed by atoms with Crippen molar-refractivity contribution < 1.29 is 62.3 Å². The van der Waals surface area contributed by atoms with Crippen LogP contribution in [0.15, 0.2) is 91.6 Å². The summed E-state index contributed by atoms with van der Waals surface area (Å²) in [4.78, 5) is 178. The summed E-state index contributed by atoms with van der Waals surface area (Å²) >= 11 is 25.2. The Morgan fingerprint density at radius 2 is 0.693 bits per heavy atom. The number of carbonyl (C=O) groups is 12. The van der Waals surface area contributed by atoms with Crippen molar-refractivity contribution in [2.45, 2.75) is 327 Å². The van der Waals surface area contributed by atoms with Crippen LogP contribution in [0.1, 0.15) is 263 Å². The van der Waals surface area contributed by atoms with E-state index in [0.29, 0.717) is 122 Å². The van der Waals surface area contributed by atoms with E-state index in [9.17, 15) is 57.5 Å². The second kappa shape index (κ2) is 52.0. The zero-order valence-electron chi connectivity index (χ0n) is 89.8. The van der Waals surface area contributed by atoms with Crippen molar-refractivity contribution in [3.05, 3.63) is 117 Å². The van der Waals surface area contributed by atoms with E-state index in [1.807, 2.05) is 126 Å². The minimum Gasteiger partial charge on any atom is -0.447 e. The number of rotatable bonds is 36. The van der Waals surface area contributed by atoms with Crippen molar-refractivity contribution in [1.29, 1.82) is 0 Å². The predicted molar refractivity (Wildman–Crippen MR) is 593 cm³/mol. The summed E-state index contributed by atoms with van der Waals surface area (Å²) in [5, 5.41) is 18.2. The van der Waals surface area contributed by atoms with Gasteiger partial charge >= 0.3 is 12.1 Å². The van der Waals surface area contributed by atoms with Gasteiger partial charge in [-0.25, -0.2) is 14.6 Å². The van der Waals surface area contributed by atoms with Gasteiger partial charge in [-0.1, -0.05) is 123 Å². The Morgan fingerprint density at radius 3 is 0.993 bits per heavy atom. The fraction of sp³-hybridized carbons (Fsp3) is 0.629. The van der Waals surface area contributed by atoms with Crippen molar-refractivity contribution in [2.24, 2.45) is 47.3 Å². The summed E-state index contributed by atoms with van der Waals surface area (Å²) in [5.41, 5.74) is 6.89. The van der Waals surface area contributed by atoms with Gasteiger partial charge in [0.2, 0.25) is 29.5 Å². The predicted octanol–water partition coefficient (Wildman–Crippen LogP) is 19.8. The standard InChI is InChI=1S/C30H42ClN5O3.C30H41ClN4O3.C29H39ClN4O4.C27H37ClN4O3/c1-20(32-2)28(37)17-24(21-8-5-4-6-9-21)29(38)35-13-7-10-23(35)18-34-19-27(36-15-14-33(3)30(36)39)25-16-22(31)11-12-26(25)34;1-20(32-2)28(36)17-24(21-8-4-3-5-9-21)30(38)34-14-6-10-23(34)18-33-19-27(35-15-7-11-29(35)37)25-16-22(31)12-13-26(25)33;1-19(31-2)27(35)16-23(20-7-4-3-5-8-20)28(36)33-12-6-9-22(33)17-32-18-26(34-13-14-38-29(34)37)24-15-21(30)10-11-25(24)32;1-17(29-3)25(34)13-22(19-8-5-4-6-9-19)27(35)32-11-7-10-21(32)15-31-16-24(18(2)33)23-12-20(28)14-30-26(23)31/h11-12,16,19-21,23-24,32H,4-10,13-15,17-18H2,1-3H3;12-13,16,19-21,23-24,32H,3-11,14-15,17-18H2,1-2H3;10-11,15,18-20,22-23,31H,3-9,12-14,16-17H2,1-2H3;12,14,16-17,19,21-22,29H,4-11,13,15H2,1-3H3. The molecule has 0 spiro atoms. The number of ketones is 5. The van der Waals surface area contributed by atoms with Crippen LogP contribution in [0, 0.1) is 47.3 Å². The number of nitrogens with one attached hydrogen (secondary N) is 4. The molecule has 11 fully saturated rings. The third-order valence-electron chi connectivity index (χ3n) is 35.2. The number of urea groups is 1. The minimum atomic E-state index is -0.350. The summed E-state index contributed by atoms with van der Waals surface area (Å²) in [7, 11) is 9.00. The number of pyridine rings is 1. The third kappa shape index (κ3) is 26.2. The van der Waals surface area contributed by atoms with Gasteiger partial charge in [-0.3, -0.25) is 57.7 Å². The number of Topliss-reactive ketones (excluding diaryl/α,β-unsaturated/α-hetero) is 5. The molecule has 5 aromatic heterocycles. The van der Waals surface area contributed by atoms with Gasteiger partial charge in [0, 0.05) is 232 Å². The smallest absolute Gasteiger partial charge is 0.414 e. The maximum Gasteiger partial charge on any atom is 0.414 e. The largest absolute Gasteiger partial charge is 0.447 e. The Balaban J connectivity index is 0.000000142. The molecule has 4 N–H and O–H groups in total. The molecule has 814 valence electrons. The van der Waals surface area contributed by atoms with E-state index >= 15 is 0 Å². The number of likely N-dealkylation sites (N-methyl/N-ethyl adjacent to an activating group) is 5. The summed E-state index contributed by atoms with van der Waals surface area (Å²) in [5.74, 6) is 1.25. The van der Waals surface area contributed by atoms with E-state index in [-0.39, 0.29) is 166 Å². The second-order valence-corrected chi connectivity index (χ2v) is 46.3. The first kappa shape index (κ1) is 113. The van der Waals surface area contributed by atoms with E-state index in [1.54, 1.807) is 57.2 Å². The SMILES string of the molecule is CNC(C)C(=O)CC(C(=O)N1CCCC1Cn1cc(C(C)=O)c2cc(Cl)cnc21)C1CCCCC1.CNC(C)C(=O)CC(C(=O)N1CCCC1Cn1cc(N2CCCC2=O)c2cc(Cl)ccc21)C1CCCCC1.CNC(C)C(=O)CC(C(=O)N1CCCC1Cn1cc(N2CCN(C)C2=O)c2cc(Cl)ccc21)C1CCCCC1.CNC(C)C(=O)CC(C(=O)N1CCCC1Cn1cc(N2CCOC2=O)c2cc(Cl)ccc21)C1CCCCC1. The van der Waals surface area contributed by atoms with Crippen molar-refractivity contribution >= 4 is 178 Å². The normalized spacial score (nSPS) is 21.9. The lowest BCUT2D eigenvalue weighted by Crippen LogP contribution is -2.45. The lowest BCUT2D eigenvalue weighted by Gasteiger charge is -2.35. The molecule has 19 rings (SSSR count). The Kier molecular flexibility index (Phi) is 39.1. The fourth-order valence-corrected chi connectivity index (χ4v) is 26.7. The van der Waals surface area contributed by atoms with Crippen LogP contribution in [0.2, 0.25) is 20.1 Å². The molecule has 34 heteroatoms. The summed E-state index contributed by atoms with van der Waals surface area (Å²) < 4.78 is 13.7. The van der Waals surface area contributed by atoms with Gasteiger partial charge in [0.15, 0.2) is 5.78 Å². The number of benzene rings is 3. The molecule has 30 nitrogen and oxygen atoms in total. The average molecular weight is 2140 g/mol. The first-order chi connectivity index (χ1) is 72.3. The van der Waals surface area contributed by atoms with Crippen LogP contribution >= 0.6 is 46.4 Å². The van der Waals surface area contributed by atoms with Gasteiger partial charge < -0.3 is 73.7 Å². The van der Waals surface area contributed by atoms with Crippen LogP contribution in [0.3, 0.4) is 0 Å². The van der Waals surface area contributed by atoms with Gasteiger partial charge in [0.1, 0.15) is 35.4 Å². The number of likely N-dealkylation sites (tertiary alicyclic amines) is 4. The molecule has 3 aromatic carbocycles. The van der Waals surface area contributed by atoms with Gasteiger partial charge in [-0.15, -0.1) is 0 Å². The minimum absolute atomic E-state index is 0.0116. The molecular weight excluding hydrogens is 1980 g/mol. The van der Waals surface area contributed by atoms with Crippen LogP contribution < -0.4 is 36.0 Å². The molecule has 0 bridgehead atoms. The van der Waals surface area contributed by atoms with Crippen molar-refractivity contribution in [3.63, 3.8) is 0 Å². The number of cyclic esters (lactones) is 1. The van der Waals surface area contributed by atoms with Gasteiger partial charge in [0.25, 0.3) is 0 Å². The number of amides is 8. The van der Waals surface area contributed by atoms with Crippen LogP contribution in [-0.4, -0.2) is 261 Å². The van der Waals surface area contributed by atoms with Crippen molar-refractivity contribution in [3.8, 4) is 0 Å². The number of anilines is 3. The highest BCUT2D eigenvalue weighted by atomic mass is 35.5. The molecule has 4 saturated carbocycles. The Hall–Kier alpha value is -9.79. The Bertz CT molecular complexity index is 5960. The molecule has 12 atom stereocenters. The molecule has 11 aliphatic rings. The highest BCUT2D eigenvalue weighted by Gasteiger charge is 2.47. The summed E-state index contributed by atoms with van der Waals surface area (Å²) in [6.07, 6.45) is 41.5. The summed E-state index contributed by atoms with van der Waals surface area (Å²) in [6.45, 7) is 17.4.